The van der Waals surface area contributed by atoms with Crippen molar-refractivity contribution in [2.75, 3.05) is 13.7 Å². The van der Waals surface area contributed by atoms with E-state index in [1.54, 1.807) is 36.4 Å². The summed E-state index contributed by atoms with van der Waals surface area (Å²) >= 11 is 0. The molecule has 3 aromatic rings. The standard InChI is InChI=1S/C25H25N3O7/c1-15-8-9-17(19(10-15)35-2)11-26-23(32)18-14-28(13-16-6-4-3-5-7-16)25(34)21(22(18)31)24(33)27-12-20(29)30/h3-10,14,31H,11-13H2,1-2H3,(H,26,32)(H,27,33)(H,29,30). The first-order chi connectivity index (χ1) is 16.7. The Morgan fingerprint density at radius 3 is 2.40 bits per heavy atom. The van der Waals surface area contributed by atoms with Crippen molar-refractivity contribution in [2.45, 2.75) is 20.0 Å². The van der Waals surface area contributed by atoms with Crippen molar-refractivity contribution in [3.63, 3.8) is 0 Å². The number of nitrogens with one attached hydrogen (secondary N) is 2. The topological polar surface area (TPSA) is 147 Å². The zero-order chi connectivity index (χ0) is 25.5. The average molecular weight is 479 g/mol. The molecular formula is C25H25N3O7. The summed E-state index contributed by atoms with van der Waals surface area (Å²) in [5.74, 6) is -3.44. The Labute approximate surface area is 200 Å². The van der Waals surface area contributed by atoms with E-state index in [2.05, 4.69) is 10.6 Å². The van der Waals surface area contributed by atoms with Gasteiger partial charge in [0.25, 0.3) is 17.4 Å². The minimum absolute atomic E-state index is 0.0191. The van der Waals surface area contributed by atoms with Crippen LogP contribution in [0.1, 0.15) is 37.4 Å². The third-order valence-electron chi connectivity index (χ3n) is 5.20. The van der Waals surface area contributed by atoms with Gasteiger partial charge >= 0.3 is 5.97 Å². The average Bonchev–Trinajstić information content (AvgIpc) is 2.84. The Morgan fingerprint density at radius 1 is 1.03 bits per heavy atom. The van der Waals surface area contributed by atoms with Crippen molar-refractivity contribution in [2.24, 2.45) is 0 Å². The minimum Gasteiger partial charge on any atom is -0.506 e. The highest BCUT2D eigenvalue weighted by Gasteiger charge is 2.25. The molecule has 10 heteroatoms. The number of methoxy groups -OCH3 is 1. The number of rotatable bonds is 9. The maximum absolute atomic E-state index is 13.0. The summed E-state index contributed by atoms with van der Waals surface area (Å²) in [6.45, 7) is 1.21. The fraction of sp³-hybridized carbons (Fsp3) is 0.200. The summed E-state index contributed by atoms with van der Waals surface area (Å²) in [4.78, 5) is 49.4. The van der Waals surface area contributed by atoms with Crippen LogP contribution in [-0.2, 0) is 17.9 Å². The van der Waals surface area contributed by atoms with Crippen molar-refractivity contribution < 1.29 is 29.3 Å². The molecule has 2 amide bonds. The predicted molar refractivity (Wildman–Crippen MR) is 127 cm³/mol. The molecule has 0 aliphatic carbocycles. The van der Waals surface area contributed by atoms with Crippen molar-refractivity contribution in [3.8, 4) is 11.5 Å². The second kappa shape index (κ2) is 11.0. The van der Waals surface area contributed by atoms with Crippen molar-refractivity contribution >= 4 is 17.8 Å². The van der Waals surface area contributed by atoms with Gasteiger partial charge in [0.05, 0.1) is 19.2 Å². The first-order valence-corrected chi connectivity index (χ1v) is 10.6. The van der Waals surface area contributed by atoms with E-state index in [9.17, 15) is 24.3 Å². The summed E-state index contributed by atoms with van der Waals surface area (Å²) in [5.41, 5.74) is 0.469. The molecule has 0 saturated carbocycles. The van der Waals surface area contributed by atoms with Gasteiger partial charge < -0.3 is 30.2 Å². The number of aromatic nitrogens is 1. The number of carboxylic acids is 1. The molecule has 4 N–H and O–H groups in total. The van der Waals surface area contributed by atoms with Crippen molar-refractivity contribution in [3.05, 3.63) is 92.9 Å². The van der Waals surface area contributed by atoms with Gasteiger partial charge in [-0.05, 0) is 24.1 Å². The Balaban J connectivity index is 1.98. The largest absolute Gasteiger partial charge is 0.506 e. The van der Waals surface area contributed by atoms with Gasteiger partial charge in [0.2, 0.25) is 0 Å². The van der Waals surface area contributed by atoms with E-state index in [0.29, 0.717) is 16.9 Å². The van der Waals surface area contributed by atoms with Crippen LogP contribution in [0.2, 0.25) is 0 Å². The molecule has 0 spiro atoms. The van der Waals surface area contributed by atoms with Gasteiger partial charge in [0.1, 0.15) is 23.6 Å². The monoisotopic (exact) mass is 479 g/mol. The Hall–Kier alpha value is -4.60. The third kappa shape index (κ3) is 6.05. The number of aryl methyl sites for hydroxylation is 1. The van der Waals surface area contributed by atoms with Crippen LogP contribution in [0.25, 0.3) is 0 Å². The summed E-state index contributed by atoms with van der Waals surface area (Å²) in [7, 11) is 1.51. The number of hydrogen-bond acceptors (Lipinski definition) is 6. The zero-order valence-corrected chi connectivity index (χ0v) is 19.2. The molecule has 0 aliphatic heterocycles. The highest BCUT2D eigenvalue weighted by Crippen LogP contribution is 2.22. The lowest BCUT2D eigenvalue weighted by Crippen LogP contribution is -2.37. The van der Waals surface area contributed by atoms with Gasteiger partial charge in [-0.1, -0.05) is 42.5 Å². The predicted octanol–water partition coefficient (Wildman–Crippen LogP) is 1.66. The number of aromatic hydroxyl groups is 1. The fourth-order valence-corrected chi connectivity index (χ4v) is 3.44. The van der Waals surface area contributed by atoms with E-state index in [4.69, 9.17) is 9.84 Å². The van der Waals surface area contributed by atoms with E-state index in [1.165, 1.54) is 13.3 Å². The molecule has 3 rings (SSSR count). The normalized spacial score (nSPS) is 10.5. The number of hydrogen-bond donors (Lipinski definition) is 4. The molecular weight excluding hydrogens is 454 g/mol. The van der Waals surface area contributed by atoms with Gasteiger partial charge in [0.15, 0.2) is 0 Å². The first kappa shape index (κ1) is 25.0. The van der Waals surface area contributed by atoms with Crippen LogP contribution < -0.4 is 20.9 Å². The molecule has 0 aliphatic rings. The van der Waals surface area contributed by atoms with E-state index in [-0.39, 0.29) is 18.7 Å². The highest BCUT2D eigenvalue weighted by atomic mass is 16.5. The van der Waals surface area contributed by atoms with Gasteiger partial charge in [-0.3, -0.25) is 19.2 Å². The van der Waals surface area contributed by atoms with Crippen LogP contribution in [0.4, 0.5) is 0 Å². The first-order valence-electron chi connectivity index (χ1n) is 10.6. The zero-order valence-electron chi connectivity index (χ0n) is 19.2. The van der Waals surface area contributed by atoms with E-state index in [1.807, 2.05) is 19.1 Å². The van der Waals surface area contributed by atoms with Crippen LogP contribution in [0.3, 0.4) is 0 Å². The Morgan fingerprint density at radius 2 is 1.74 bits per heavy atom. The summed E-state index contributed by atoms with van der Waals surface area (Å²) in [5, 5.41) is 24.2. The van der Waals surface area contributed by atoms with Crippen LogP contribution in [0.15, 0.2) is 59.5 Å². The maximum atomic E-state index is 13.0. The number of carbonyl (C=O) groups excluding carboxylic acids is 2. The van der Waals surface area contributed by atoms with E-state index >= 15 is 0 Å². The number of nitrogens with zero attached hydrogens (tertiary/aromatic N) is 1. The smallest absolute Gasteiger partial charge is 0.322 e. The quantitative estimate of drug-likeness (QED) is 0.365. The molecule has 1 aromatic heterocycles. The number of benzene rings is 2. The van der Waals surface area contributed by atoms with Crippen LogP contribution in [-0.4, -0.2) is 46.2 Å². The third-order valence-corrected chi connectivity index (χ3v) is 5.20. The molecule has 0 fully saturated rings. The maximum Gasteiger partial charge on any atom is 0.322 e. The lowest BCUT2D eigenvalue weighted by atomic mass is 10.1. The SMILES string of the molecule is COc1cc(C)ccc1CNC(=O)c1cn(Cc2ccccc2)c(=O)c(C(=O)NCC(=O)O)c1O. The van der Waals surface area contributed by atoms with Gasteiger partial charge in [0, 0.05) is 18.3 Å². The summed E-state index contributed by atoms with van der Waals surface area (Å²) in [6, 6.07) is 14.3. The number of carbonyl (C=O) groups is 3. The molecule has 10 nitrogen and oxygen atoms in total. The Bertz CT molecular complexity index is 1320. The summed E-state index contributed by atoms with van der Waals surface area (Å²) < 4.78 is 6.46. The number of aliphatic carboxylic acids is 1. The second-order valence-corrected chi connectivity index (χ2v) is 7.76. The van der Waals surface area contributed by atoms with Gasteiger partial charge in [-0.15, -0.1) is 0 Å². The second-order valence-electron chi connectivity index (χ2n) is 7.76. The van der Waals surface area contributed by atoms with Crippen LogP contribution in [0, 0.1) is 6.92 Å². The van der Waals surface area contributed by atoms with Crippen LogP contribution >= 0.6 is 0 Å². The van der Waals surface area contributed by atoms with Crippen molar-refractivity contribution in [1.29, 1.82) is 0 Å². The number of amides is 2. The molecule has 0 unspecified atom stereocenters. The number of pyridine rings is 1. The lowest BCUT2D eigenvalue weighted by molar-refractivity contribution is -0.135. The molecule has 0 saturated heterocycles. The molecule has 0 radical (unpaired) electrons. The minimum atomic E-state index is -1.33. The summed E-state index contributed by atoms with van der Waals surface area (Å²) in [6.07, 6.45) is 1.17. The molecule has 2 aromatic carbocycles. The van der Waals surface area contributed by atoms with Gasteiger partial charge in [-0.2, -0.15) is 0 Å². The molecule has 0 bridgehead atoms. The molecule has 1 heterocycles. The highest BCUT2D eigenvalue weighted by molar-refractivity contribution is 6.04. The van der Waals surface area contributed by atoms with Gasteiger partial charge in [-0.25, -0.2) is 0 Å². The van der Waals surface area contributed by atoms with Crippen molar-refractivity contribution in [1.82, 2.24) is 15.2 Å². The number of ether oxygens (including phenoxy) is 1. The van der Waals surface area contributed by atoms with Crippen LogP contribution in [0.5, 0.6) is 11.5 Å². The molecule has 0 atom stereocenters. The Kier molecular flexibility index (Phi) is 7.88. The lowest BCUT2D eigenvalue weighted by Gasteiger charge is -2.15. The van der Waals surface area contributed by atoms with E-state index in [0.717, 1.165) is 10.1 Å². The molecule has 35 heavy (non-hydrogen) atoms. The fourth-order valence-electron chi connectivity index (χ4n) is 3.44. The number of carboxylic acid groups (broad SMARTS) is 1. The van der Waals surface area contributed by atoms with E-state index < -0.39 is 41.2 Å². The molecule has 182 valence electrons.